The van der Waals surface area contributed by atoms with Crippen molar-refractivity contribution in [1.82, 2.24) is 5.32 Å². The Balaban J connectivity index is 1.98. The topological polar surface area (TPSA) is 52.5 Å². The molecule has 3 heteroatoms. The first-order chi connectivity index (χ1) is 9.70. The molecule has 3 N–H and O–H groups in total. The first kappa shape index (κ1) is 14.7. The molecule has 0 spiro atoms. The molecule has 0 heterocycles. The molecular formula is C17H21NO2. The molecule has 0 bridgehead atoms. The normalized spacial score (nSPS) is 13.9. The molecule has 0 saturated carbocycles. The van der Waals surface area contributed by atoms with Crippen molar-refractivity contribution < 1.29 is 10.2 Å². The molecule has 0 aliphatic carbocycles. The predicted octanol–water partition coefficient (Wildman–Crippen LogP) is 2.18. The highest BCUT2D eigenvalue weighted by molar-refractivity contribution is 5.24. The average molecular weight is 271 g/mol. The van der Waals surface area contributed by atoms with E-state index in [1.807, 2.05) is 61.5 Å². The van der Waals surface area contributed by atoms with Crippen molar-refractivity contribution in [3.63, 3.8) is 0 Å². The zero-order valence-electron chi connectivity index (χ0n) is 11.7. The molecule has 0 radical (unpaired) electrons. The van der Waals surface area contributed by atoms with E-state index in [4.69, 9.17) is 0 Å². The van der Waals surface area contributed by atoms with Crippen LogP contribution in [0.4, 0.5) is 0 Å². The van der Waals surface area contributed by atoms with Gasteiger partial charge in [0.05, 0.1) is 18.8 Å². The summed E-state index contributed by atoms with van der Waals surface area (Å²) < 4.78 is 0. The SMILES string of the molecule is Cc1ccc([C@@H](O)[C@@H](CO)NCc2ccccc2)cc1. The van der Waals surface area contributed by atoms with Crippen LogP contribution in [0.15, 0.2) is 54.6 Å². The van der Waals surface area contributed by atoms with E-state index in [1.54, 1.807) is 0 Å². The molecule has 2 rings (SSSR count). The Morgan fingerprint density at radius 3 is 2.25 bits per heavy atom. The van der Waals surface area contributed by atoms with Gasteiger partial charge in [0.25, 0.3) is 0 Å². The van der Waals surface area contributed by atoms with Gasteiger partial charge in [-0.3, -0.25) is 0 Å². The molecule has 2 atom stereocenters. The van der Waals surface area contributed by atoms with Gasteiger partial charge < -0.3 is 15.5 Å². The lowest BCUT2D eigenvalue weighted by Gasteiger charge is -2.23. The van der Waals surface area contributed by atoms with Gasteiger partial charge >= 0.3 is 0 Å². The lowest BCUT2D eigenvalue weighted by atomic mass is 10.0. The van der Waals surface area contributed by atoms with E-state index in [0.717, 1.165) is 16.7 Å². The summed E-state index contributed by atoms with van der Waals surface area (Å²) >= 11 is 0. The molecule has 0 aliphatic rings. The second-order valence-corrected chi connectivity index (χ2v) is 5.01. The number of hydrogen-bond acceptors (Lipinski definition) is 3. The molecule has 3 nitrogen and oxygen atoms in total. The van der Waals surface area contributed by atoms with Crippen LogP contribution in [-0.4, -0.2) is 22.9 Å². The summed E-state index contributed by atoms with van der Waals surface area (Å²) in [4.78, 5) is 0. The van der Waals surface area contributed by atoms with Gasteiger partial charge in [-0.05, 0) is 18.1 Å². The van der Waals surface area contributed by atoms with Crippen LogP contribution in [0.1, 0.15) is 22.8 Å². The zero-order chi connectivity index (χ0) is 14.4. The Morgan fingerprint density at radius 1 is 1.00 bits per heavy atom. The van der Waals surface area contributed by atoms with E-state index in [-0.39, 0.29) is 12.6 Å². The molecule has 2 aromatic rings. The third-order valence-corrected chi connectivity index (χ3v) is 3.41. The number of aliphatic hydroxyl groups excluding tert-OH is 2. The van der Waals surface area contributed by atoms with Gasteiger partial charge in [-0.25, -0.2) is 0 Å². The van der Waals surface area contributed by atoms with Crippen LogP contribution < -0.4 is 5.32 Å². The van der Waals surface area contributed by atoms with E-state index < -0.39 is 6.10 Å². The Labute approximate surface area is 119 Å². The van der Waals surface area contributed by atoms with E-state index in [1.165, 1.54) is 0 Å². The number of benzene rings is 2. The molecule has 0 fully saturated rings. The van der Waals surface area contributed by atoms with Crippen LogP contribution in [0.2, 0.25) is 0 Å². The van der Waals surface area contributed by atoms with Gasteiger partial charge in [0.15, 0.2) is 0 Å². The lowest BCUT2D eigenvalue weighted by molar-refractivity contribution is 0.0892. The predicted molar refractivity (Wildman–Crippen MR) is 80.3 cm³/mol. The number of aryl methyl sites for hydroxylation is 1. The number of hydrogen-bond donors (Lipinski definition) is 3. The molecule has 0 amide bonds. The quantitative estimate of drug-likeness (QED) is 0.755. The summed E-state index contributed by atoms with van der Waals surface area (Å²) in [6.07, 6.45) is -0.718. The van der Waals surface area contributed by atoms with Gasteiger partial charge in [0, 0.05) is 6.54 Å². The number of nitrogens with one attached hydrogen (secondary N) is 1. The highest BCUT2D eigenvalue weighted by atomic mass is 16.3. The minimum absolute atomic E-state index is 0.109. The van der Waals surface area contributed by atoms with Crippen LogP contribution in [0, 0.1) is 6.92 Å². The molecular weight excluding hydrogens is 250 g/mol. The van der Waals surface area contributed by atoms with Gasteiger partial charge in [-0.2, -0.15) is 0 Å². The molecule has 2 aromatic carbocycles. The second kappa shape index (κ2) is 7.20. The summed E-state index contributed by atoms with van der Waals surface area (Å²) in [5, 5.41) is 23.0. The Bertz CT molecular complexity index is 510. The minimum Gasteiger partial charge on any atom is -0.395 e. The third-order valence-electron chi connectivity index (χ3n) is 3.41. The third kappa shape index (κ3) is 3.90. The van der Waals surface area contributed by atoms with Crippen molar-refractivity contribution in [2.24, 2.45) is 0 Å². The van der Waals surface area contributed by atoms with Crippen LogP contribution in [0.5, 0.6) is 0 Å². The van der Waals surface area contributed by atoms with Crippen molar-refractivity contribution in [3.05, 3.63) is 71.3 Å². The number of rotatable bonds is 6. The molecule has 0 saturated heterocycles. The molecule has 0 aliphatic heterocycles. The summed E-state index contributed by atoms with van der Waals surface area (Å²) in [6.45, 7) is 2.52. The zero-order valence-corrected chi connectivity index (χ0v) is 11.7. The van der Waals surface area contributed by atoms with Crippen LogP contribution in [0.25, 0.3) is 0 Å². The van der Waals surface area contributed by atoms with E-state index in [2.05, 4.69) is 5.32 Å². The van der Waals surface area contributed by atoms with Crippen LogP contribution >= 0.6 is 0 Å². The molecule has 106 valence electrons. The van der Waals surface area contributed by atoms with Crippen molar-refractivity contribution in [1.29, 1.82) is 0 Å². The van der Waals surface area contributed by atoms with Crippen molar-refractivity contribution in [2.75, 3.05) is 6.61 Å². The van der Waals surface area contributed by atoms with Gasteiger partial charge in [-0.15, -0.1) is 0 Å². The summed E-state index contributed by atoms with van der Waals surface area (Å²) in [5.41, 5.74) is 3.09. The largest absolute Gasteiger partial charge is 0.395 e. The van der Waals surface area contributed by atoms with Gasteiger partial charge in [-0.1, -0.05) is 60.2 Å². The summed E-state index contributed by atoms with van der Waals surface area (Å²) in [5.74, 6) is 0. The molecule has 20 heavy (non-hydrogen) atoms. The van der Waals surface area contributed by atoms with Gasteiger partial charge in [0.1, 0.15) is 0 Å². The van der Waals surface area contributed by atoms with Crippen molar-refractivity contribution in [2.45, 2.75) is 25.6 Å². The maximum absolute atomic E-state index is 10.3. The summed E-state index contributed by atoms with van der Waals surface area (Å²) in [6, 6.07) is 17.3. The lowest BCUT2D eigenvalue weighted by Crippen LogP contribution is -2.37. The van der Waals surface area contributed by atoms with Gasteiger partial charge in [0.2, 0.25) is 0 Å². The standard InChI is InChI=1S/C17H21NO2/c1-13-7-9-15(10-8-13)17(20)16(12-19)18-11-14-5-3-2-4-6-14/h2-10,16-20H,11-12H2,1H3/t16-,17-/m1/s1. The fourth-order valence-electron chi connectivity index (χ4n) is 2.12. The fraction of sp³-hybridized carbons (Fsp3) is 0.294. The molecule has 0 aromatic heterocycles. The average Bonchev–Trinajstić information content (AvgIpc) is 2.49. The fourth-order valence-corrected chi connectivity index (χ4v) is 2.12. The van der Waals surface area contributed by atoms with Crippen LogP contribution in [-0.2, 0) is 6.54 Å². The highest BCUT2D eigenvalue weighted by Gasteiger charge is 2.19. The van der Waals surface area contributed by atoms with Crippen molar-refractivity contribution >= 4 is 0 Å². The van der Waals surface area contributed by atoms with E-state index >= 15 is 0 Å². The van der Waals surface area contributed by atoms with Crippen molar-refractivity contribution in [3.8, 4) is 0 Å². The number of aliphatic hydroxyl groups is 2. The highest BCUT2D eigenvalue weighted by Crippen LogP contribution is 2.17. The van der Waals surface area contributed by atoms with Crippen LogP contribution in [0.3, 0.4) is 0 Å². The first-order valence-electron chi connectivity index (χ1n) is 6.83. The summed E-state index contributed by atoms with van der Waals surface area (Å²) in [7, 11) is 0. The maximum atomic E-state index is 10.3. The molecule has 0 unspecified atom stereocenters. The minimum atomic E-state index is -0.718. The smallest absolute Gasteiger partial charge is 0.0965 e. The first-order valence-corrected chi connectivity index (χ1v) is 6.83. The Hall–Kier alpha value is -1.68. The monoisotopic (exact) mass is 271 g/mol. The second-order valence-electron chi connectivity index (χ2n) is 5.01. The Morgan fingerprint density at radius 2 is 1.65 bits per heavy atom. The van der Waals surface area contributed by atoms with E-state index in [0.29, 0.717) is 6.54 Å². The Kier molecular flexibility index (Phi) is 5.30. The maximum Gasteiger partial charge on any atom is 0.0965 e. The van der Waals surface area contributed by atoms with E-state index in [9.17, 15) is 10.2 Å².